The van der Waals surface area contributed by atoms with E-state index in [0.717, 1.165) is 38.5 Å². The van der Waals surface area contributed by atoms with Gasteiger partial charge in [0.25, 0.3) is 0 Å². The van der Waals surface area contributed by atoms with Crippen molar-refractivity contribution in [1.29, 1.82) is 0 Å². The number of hydrogen-bond acceptors (Lipinski definition) is 2. The Kier molecular flexibility index (Phi) is 4.63. The average Bonchev–Trinajstić information content (AvgIpc) is 2.79. The maximum absolute atomic E-state index is 6.12. The fourth-order valence-electron chi connectivity index (χ4n) is 2.50. The molecule has 0 saturated carbocycles. The van der Waals surface area contributed by atoms with Crippen LogP contribution in [0.3, 0.4) is 0 Å². The van der Waals surface area contributed by atoms with E-state index < -0.39 is 0 Å². The highest BCUT2D eigenvalue weighted by Gasteiger charge is 2.14. The van der Waals surface area contributed by atoms with Crippen molar-refractivity contribution in [2.75, 3.05) is 13.2 Å². The van der Waals surface area contributed by atoms with E-state index in [0.29, 0.717) is 0 Å². The van der Waals surface area contributed by atoms with Crippen molar-refractivity contribution in [2.45, 2.75) is 45.2 Å². The molecule has 1 aliphatic heterocycles. The Labute approximate surface area is 104 Å². The lowest BCUT2D eigenvalue weighted by Gasteiger charge is -2.22. The van der Waals surface area contributed by atoms with Crippen molar-refractivity contribution in [3.05, 3.63) is 24.0 Å². The van der Waals surface area contributed by atoms with Gasteiger partial charge in [-0.1, -0.05) is 13.3 Å². The molecule has 1 unspecified atom stereocenters. The molecule has 0 spiro atoms. The molecule has 96 valence electrons. The van der Waals surface area contributed by atoms with E-state index in [1.54, 1.807) is 0 Å². The molecule has 1 aliphatic rings. The number of nitrogens with zero attached hydrogens (tertiary/aromatic N) is 1. The Balaban J connectivity index is 1.88. The summed E-state index contributed by atoms with van der Waals surface area (Å²) in [5, 5.41) is 0. The summed E-state index contributed by atoms with van der Waals surface area (Å²) in [5.74, 6) is 0.770. The van der Waals surface area contributed by atoms with Gasteiger partial charge in [0.15, 0.2) is 0 Å². The predicted molar refractivity (Wildman–Crippen MR) is 69.8 cm³/mol. The van der Waals surface area contributed by atoms with Crippen LogP contribution in [0.1, 0.15) is 44.2 Å². The van der Waals surface area contributed by atoms with Crippen molar-refractivity contribution >= 4 is 0 Å². The summed E-state index contributed by atoms with van der Waals surface area (Å²) < 4.78 is 7.68. The van der Waals surface area contributed by atoms with Gasteiger partial charge in [0, 0.05) is 38.2 Å². The molecule has 2 N–H and O–H groups in total. The quantitative estimate of drug-likeness (QED) is 0.854. The molecule has 0 amide bonds. The van der Waals surface area contributed by atoms with E-state index in [4.69, 9.17) is 10.5 Å². The Bertz CT molecular complexity index is 329. The van der Waals surface area contributed by atoms with Crippen LogP contribution in [-0.4, -0.2) is 17.8 Å². The van der Waals surface area contributed by atoms with Gasteiger partial charge in [0.2, 0.25) is 0 Å². The molecule has 2 heterocycles. The lowest BCUT2D eigenvalue weighted by molar-refractivity contribution is 0.0613. The van der Waals surface area contributed by atoms with Crippen LogP contribution in [0.5, 0.6) is 0 Å². The fourth-order valence-corrected chi connectivity index (χ4v) is 2.50. The molecule has 3 nitrogen and oxygen atoms in total. The molecule has 1 aromatic heterocycles. The summed E-state index contributed by atoms with van der Waals surface area (Å²) in [4.78, 5) is 0. The Morgan fingerprint density at radius 3 is 2.94 bits per heavy atom. The van der Waals surface area contributed by atoms with E-state index in [9.17, 15) is 0 Å². The molecule has 1 atom stereocenters. The minimum atomic E-state index is 0.205. The third kappa shape index (κ3) is 3.58. The maximum atomic E-state index is 6.12. The van der Waals surface area contributed by atoms with Crippen LogP contribution in [0.4, 0.5) is 0 Å². The van der Waals surface area contributed by atoms with Crippen LogP contribution in [0, 0.1) is 5.92 Å². The van der Waals surface area contributed by atoms with Gasteiger partial charge in [-0.05, 0) is 36.8 Å². The molecule has 1 saturated heterocycles. The van der Waals surface area contributed by atoms with Crippen molar-refractivity contribution in [2.24, 2.45) is 11.7 Å². The first-order valence-corrected chi connectivity index (χ1v) is 6.78. The summed E-state index contributed by atoms with van der Waals surface area (Å²) in [6.45, 7) is 5.14. The molecule has 0 aliphatic carbocycles. The molecule has 3 heteroatoms. The second-order valence-electron chi connectivity index (χ2n) is 5.09. The highest BCUT2D eigenvalue weighted by molar-refractivity contribution is 5.14. The van der Waals surface area contributed by atoms with Gasteiger partial charge < -0.3 is 15.0 Å². The van der Waals surface area contributed by atoms with Crippen molar-refractivity contribution in [3.8, 4) is 0 Å². The predicted octanol–water partition coefficient (Wildman–Crippen LogP) is 2.71. The van der Waals surface area contributed by atoms with Crippen molar-refractivity contribution in [3.63, 3.8) is 0 Å². The molecule has 0 aromatic carbocycles. The maximum Gasteiger partial charge on any atom is 0.0469 e. The van der Waals surface area contributed by atoms with E-state index >= 15 is 0 Å². The Morgan fingerprint density at radius 1 is 1.47 bits per heavy atom. The van der Waals surface area contributed by atoms with E-state index in [1.807, 2.05) is 0 Å². The Morgan fingerprint density at radius 2 is 2.24 bits per heavy atom. The van der Waals surface area contributed by atoms with Crippen LogP contribution in [-0.2, 0) is 11.3 Å². The molecule has 0 radical (unpaired) electrons. The first kappa shape index (κ1) is 12.7. The first-order chi connectivity index (χ1) is 8.29. The summed E-state index contributed by atoms with van der Waals surface area (Å²) in [7, 11) is 0. The number of aromatic nitrogens is 1. The van der Waals surface area contributed by atoms with Crippen LogP contribution < -0.4 is 5.73 Å². The monoisotopic (exact) mass is 236 g/mol. The number of rotatable bonds is 5. The third-order valence-corrected chi connectivity index (χ3v) is 3.61. The van der Waals surface area contributed by atoms with Crippen molar-refractivity contribution < 1.29 is 4.74 Å². The zero-order valence-corrected chi connectivity index (χ0v) is 10.8. The standard InChI is InChI=1S/C14H24N2O/c1-2-3-14(15)13-4-7-16(11-13)10-12-5-8-17-9-6-12/h4,7,11-12,14H,2-3,5-6,8-10,15H2,1H3. The van der Waals surface area contributed by atoms with Gasteiger partial charge in [-0.3, -0.25) is 0 Å². The topological polar surface area (TPSA) is 40.2 Å². The number of ether oxygens (including phenoxy) is 1. The lowest BCUT2D eigenvalue weighted by atomic mass is 10.0. The minimum absolute atomic E-state index is 0.205. The minimum Gasteiger partial charge on any atom is -0.381 e. The zero-order chi connectivity index (χ0) is 12.1. The largest absolute Gasteiger partial charge is 0.381 e. The third-order valence-electron chi connectivity index (χ3n) is 3.61. The summed E-state index contributed by atoms with van der Waals surface area (Å²) >= 11 is 0. The number of hydrogen-bond donors (Lipinski definition) is 1. The van der Waals surface area contributed by atoms with Gasteiger partial charge in [-0.15, -0.1) is 0 Å². The van der Waals surface area contributed by atoms with Gasteiger partial charge in [0.05, 0.1) is 0 Å². The van der Waals surface area contributed by atoms with Crippen LogP contribution >= 0.6 is 0 Å². The Hall–Kier alpha value is -0.800. The normalized spacial score (nSPS) is 19.4. The molecule has 2 rings (SSSR count). The summed E-state index contributed by atoms with van der Waals surface area (Å²) in [6.07, 6.45) is 8.98. The van der Waals surface area contributed by atoms with E-state index in [2.05, 4.69) is 30.0 Å². The van der Waals surface area contributed by atoms with Crippen LogP contribution in [0.2, 0.25) is 0 Å². The lowest BCUT2D eigenvalue weighted by Crippen LogP contribution is -2.19. The number of nitrogens with two attached hydrogens (primary N) is 1. The zero-order valence-electron chi connectivity index (χ0n) is 10.8. The highest BCUT2D eigenvalue weighted by Crippen LogP contribution is 2.20. The van der Waals surface area contributed by atoms with Gasteiger partial charge in [-0.2, -0.15) is 0 Å². The molecular formula is C14H24N2O. The van der Waals surface area contributed by atoms with Gasteiger partial charge in [0.1, 0.15) is 0 Å². The second kappa shape index (κ2) is 6.22. The molecule has 1 fully saturated rings. The fraction of sp³-hybridized carbons (Fsp3) is 0.714. The molecule has 0 bridgehead atoms. The van der Waals surface area contributed by atoms with Gasteiger partial charge in [-0.25, -0.2) is 0 Å². The first-order valence-electron chi connectivity index (χ1n) is 6.78. The van der Waals surface area contributed by atoms with Crippen molar-refractivity contribution in [1.82, 2.24) is 4.57 Å². The average molecular weight is 236 g/mol. The SMILES string of the molecule is CCCC(N)c1ccn(CC2CCOCC2)c1. The summed E-state index contributed by atoms with van der Waals surface area (Å²) in [6, 6.07) is 2.37. The summed E-state index contributed by atoms with van der Waals surface area (Å²) in [5.41, 5.74) is 7.40. The van der Waals surface area contributed by atoms with E-state index in [1.165, 1.54) is 18.4 Å². The molecule has 1 aromatic rings. The van der Waals surface area contributed by atoms with Crippen LogP contribution in [0.15, 0.2) is 18.5 Å². The highest BCUT2D eigenvalue weighted by atomic mass is 16.5. The van der Waals surface area contributed by atoms with Crippen LogP contribution in [0.25, 0.3) is 0 Å². The van der Waals surface area contributed by atoms with E-state index in [-0.39, 0.29) is 6.04 Å². The second-order valence-corrected chi connectivity index (χ2v) is 5.09. The molecular weight excluding hydrogens is 212 g/mol. The van der Waals surface area contributed by atoms with Gasteiger partial charge >= 0.3 is 0 Å². The smallest absolute Gasteiger partial charge is 0.0469 e. The molecule has 17 heavy (non-hydrogen) atoms.